The molecule has 2 aromatic rings. The number of rotatable bonds is 4. The van der Waals surface area contributed by atoms with Crippen LogP contribution in [0.3, 0.4) is 0 Å². The van der Waals surface area contributed by atoms with Gasteiger partial charge in [0, 0.05) is 0 Å². The SMILES string of the molecule is C[Si](C)(C)/C=C(/C=C\c1ccccc1)c1ccccc1. The van der Waals surface area contributed by atoms with E-state index in [1.54, 1.807) is 0 Å². The third kappa shape index (κ3) is 4.67. The highest BCUT2D eigenvalue weighted by Gasteiger charge is 2.10. The van der Waals surface area contributed by atoms with Gasteiger partial charge in [-0.1, -0.05) is 98.2 Å². The predicted molar refractivity (Wildman–Crippen MR) is 93.2 cm³/mol. The molecule has 0 saturated heterocycles. The molecule has 0 aliphatic carbocycles. The molecule has 0 aliphatic rings. The van der Waals surface area contributed by atoms with Gasteiger partial charge >= 0.3 is 0 Å². The molecule has 0 nitrogen and oxygen atoms in total. The first-order chi connectivity index (χ1) is 9.54. The molecule has 0 spiro atoms. The highest BCUT2D eigenvalue weighted by atomic mass is 28.3. The number of allylic oxidation sites excluding steroid dienone is 2. The summed E-state index contributed by atoms with van der Waals surface area (Å²) in [6.45, 7) is 7.10. The molecular weight excluding hydrogens is 256 g/mol. The first-order valence-corrected chi connectivity index (χ1v) is 10.6. The molecule has 2 aromatic carbocycles. The zero-order valence-electron chi connectivity index (χ0n) is 12.5. The summed E-state index contributed by atoms with van der Waals surface area (Å²) < 4.78 is 0. The maximum absolute atomic E-state index is 2.46. The summed E-state index contributed by atoms with van der Waals surface area (Å²) in [7, 11) is -1.25. The summed E-state index contributed by atoms with van der Waals surface area (Å²) in [6.07, 6.45) is 4.43. The van der Waals surface area contributed by atoms with Crippen molar-refractivity contribution in [1.29, 1.82) is 0 Å². The monoisotopic (exact) mass is 278 g/mol. The van der Waals surface area contributed by atoms with Crippen LogP contribution in [0.5, 0.6) is 0 Å². The van der Waals surface area contributed by atoms with Gasteiger partial charge in [0.2, 0.25) is 0 Å². The summed E-state index contributed by atoms with van der Waals surface area (Å²) >= 11 is 0. The van der Waals surface area contributed by atoms with E-state index >= 15 is 0 Å². The Balaban J connectivity index is 2.34. The van der Waals surface area contributed by atoms with Crippen LogP contribution in [0.2, 0.25) is 19.6 Å². The normalized spacial score (nSPS) is 12.8. The zero-order valence-corrected chi connectivity index (χ0v) is 13.5. The molecule has 2 rings (SSSR count). The molecule has 0 atom stereocenters. The Labute approximate surface area is 123 Å². The Morgan fingerprint density at radius 1 is 0.800 bits per heavy atom. The maximum atomic E-state index is 2.46. The maximum Gasteiger partial charge on any atom is 0.0695 e. The van der Waals surface area contributed by atoms with Crippen LogP contribution < -0.4 is 0 Å². The van der Waals surface area contributed by atoms with E-state index in [0.717, 1.165) is 0 Å². The molecule has 0 bridgehead atoms. The molecule has 1 heteroatoms. The minimum atomic E-state index is -1.25. The number of hydrogen-bond acceptors (Lipinski definition) is 0. The summed E-state index contributed by atoms with van der Waals surface area (Å²) in [6, 6.07) is 21.1. The molecule has 0 saturated carbocycles. The fourth-order valence-corrected chi connectivity index (χ4v) is 3.27. The van der Waals surface area contributed by atoms with E-state index in [0.29, 0.717) is 0 Å². The zero-order chi connectivity index (χ0) is 14.4. The summed E-state index contributed by atoms with van der Waals surface area (Å²) in [5.74, 6) is 0. The third-order valence-corrected chi connectivity index (χ3v) is 4.13. The van der Waals surface area contributed by atoms with Crippen molar-refractivity contribution in [3.05, 3.63) is 83.6 Å². The van der Waals surface area contributed by atoms with Crippen molar-refractivity contribution in [3.63, 3.8) is 0 Å². The molecule has 0 radical (unpaired) electrons. The van der Waals surface area contributed by atoms with Crippen molar-refractivity contribution in [2.24, 2.45) is 0 Å². The lowest BCUT2D eigenvalue weighted by atomic mass is 10.1. The predicted octanol–water partition coefficient (Wildman–Crippen LogP) is 5.66. The fourth-order valence-electron chi connectivity index (χ4n) is 2.07. The van der Waals surface area contributed by atoms with Gasteiger partial charge in [0.25, 0.3) is 0 Å². The fraction of sp³-hybridized carbons (Fsp3) is 0.158. The molecule has 0 unspecified atom stereocenters. The summed E-state index contributed by atoms with van der Waals surface area (Å²) in [4.78, 5) is 0. The van der Waals surface area contributed by atoms with E-state index in [2.05, 4.69) is 92.1 Å². The summed E-state index contributed by atoms with van der Waals surface area (Å²) in [5.41, 5.74) is 6.32. The minimum Gasteiger partial charge on any atom is -0.0873 e. The van der Waals surface area contributed by atoms with Gasteiger partial charge in [0.15, 0.2) is 0 Å². The Hall–Kier alpha value is -1.86. The van der Waals surface area contributed by atoms with Crippen LogP contribution in [-0.4, -0.2) is 8.07 Å². The molecule has 0 fully saturated rings. The van der Waals surface area contributed by atoms with Crippen LogP contribution in [0.1, 0.15) is 11.1 Å². The van der Waals surface area contributed by atoms with Crippen LogP contribution in [0.25, 0.3) is 11.6 Å². The van der Waals surface area contributed by atoms with E-state index in [9.17, 15) is 0 Å². The van der Waals surface area contributed by atoms with Gasteiger partial charge in [0.1, 0.15) is 0 Å². The molecule has 0 aliphatic heterocycles. The lowest BCUT2D eigenvalue weighted by Crippen LogP contribution is -2.16. The smallest absolute Gasteiger partial charge is 0.0695 e. The van der Waals surface area contributed by atoms with E-state index < -0.39 is 8.07 Å². The largest absolute Gasteiger partial charge is 0.0873 e. The second-order valence-corrected chi connectivity index (χ2v) is 11.1. The summed E-state index contributed by atoms with van der Waals surface area (Å²) in [5, 5.41) is 0. The minimum absolute atomic E-state index is 1.24. The van der Waals surface area contributed by atoms with Gasteiger partial charge in [0.05, 0.1) is 8.07 Å². The third-order valence-electron chi connectivity index (χ3n) is 2.95. The molecular formula is C19H22Si. The van der Waals surface area contributed by atoms with Crippen molar-refractivity contribution in [2.75, 3.05) is 0 Å². The van der Waals surface area contributed by atoms with Crippen LogP contribution in [0.4, 0.5) is 0 Å². The molecule has 0 heterocycles. The van der Waals surface area contributed by atoms with Crippen LogP contribution in [-0.2, 0) is 0 Å². The quantitative estimate of drug-likeness (QED) is 0.500. The van der Waals surface area contributed by atoms with Gasteiger partial charge < -0.3 is 0 Å². The van der Waals surface area contributed by atoms with E-state index in [1.807, 2.05) is 6.07 Å². The van der Waals surface area contributed by atoms with Crippen molar-refractivity contribution in [1.82, 2.24) is 0 Å². The van der Waals surface area contributed by atoms with Crippen molar-refractivity contribution in [2.45, 2.75) is 19.6 Å². The first kappa shape index (κ1) is 14.5. The second-order valence-electron chi connectivity index (χ2n) is 6.08. The van der Waals surface area contributed by atoms with Crippen molar-refractivity contribution >= 4 is 19.7 Å². The Morgan fingerprint density at radius 2 is 1.35 bits per heavy atom. The number of benzene rings is 2. The van der Waals surface area contributed by atoms with Gasteiger partial charge in [-0.2, -0.15) is 0 Å². The van der Waals surface area contributed by atoms with Gasteiger partial charge in [-0.15, -0.1) is 0 Å². The molecule has 0 aromatic heterocycles. The topological polar surface area (TPSA) is 0 Å². The van der Waals surface area contributed by atoms with Crippen molar-refractivity contribution < 1.29 is 0 Å². The van der Waals surface area contributed by atoms with Gasteiger partial charge in [-0.25, -0.2) is 0 Å². The highest BCUT2D eigenvalue weighted by molar-refractivity contribution is 6.81. The van der Waals surface area contributed by atoms with E-state index in [-0.39, 0.29) is 0 Å². The number of hydrogen-bond donors (Lipinski definition) is 0. The molecule has 0 amide bonds. The molecule has 102 valence electrons. The van der Waals surface area contributed by atoms with E-state index in [1.165, 1.54) is 16.7 Å². The van der Waals surface area contributed by atoms with Crippen LogP contribution in [0, 0.1) is 0 Å². The first-order valence-electron chi connectivity index (χ1n) is 7.06. The van der Waals surface area contributed by atoms with Gasteiger partial charge in [-0.3, -0.25) is 0 Å². The average molecular weight is 278 g/mol. The second kappa shape index (κ2) is 6.53. The highest BCUT2D eigenvalue weighted by Crippen LogP contribution is 2.20. The van der Waals surface area contributed by atoms with Crippen molar-refractivity contribution in [3.8, 4) is 0 Å². The Kier molecular flexibility index (Phi) is 4.75. The Bertz CT molecular complexity index is 587. The average Bonchev–Trinajstić information content (AvgIpc) is 2.44. The van der Waals surface area contributed by atoms with Gasteiger partial charge in [-0.05, 0) is 16.7 Å². The van der Waals surface area contributed by atoms with Crippen LogP contribution in [0.15, 0.2) is 72.4 Å². The standard InChI is InChI=1S/C19H22Si/c1-20(2,3)16-19(18-12-8-5-9-13-18)15-14-17-10-6-4-7-11-17/h4-16H,1-3H3/b15-14-,19-16-. The van der Waals surface area contributed by atoms with E-state index in [4.69, 9.17) is 0 Å². The lowest BCUT2D eigenvalue weighted by molar-refractivity contribution is 1.61. The lowest BCUT2D eigenvalue weighted by Gasteiger charge is -2.13. The molecule has 20 heavy (non-hydrogen) atoms. The van der Waals surface area contributed by atoms with Crippen LogP contribution >= 0.6 is 0 Å². The molecule has 0 N–H and O–H groups in total. The Morgan fingerprint density at radius 3 is 1.90 bits per heavy atom.